The van der Waals surface area contributed by atoms with E-state index in [9.17, 15) is 5.26 Å². The highest BCUT2D eigenvalue weighted by Crippen LogP contribution is 2.27. The first-order valence-corrected chi connectivity index (χ1v) is 10.1. The largest absolute Gasteiger partial charge is 0.365 e. The minimum atomic E-state index is 0.266. The van der Waals surface area contributed by atoms with Crippen molar-refractivity contribution in [2.75, 3.05) is 53.4 Å². The van der Waals surface area contributed by atoms with Gasteiger partial charge in [-0.1, -0.05) is 0 Å². The molecule has 0 radical (unpaired) electrons. The summed E-state index contributed by atoms with van der Waals surface area (Å²) in [5.41, 5.74) is 0.266. The van der Waals surface area contributed by atoms with Crippen LogP contribution >= 0.6 is 0 Å². The van der Waals surface area contributed by atoms with E-state index in [1.165, 1.54) is 38.8 Å². The van der Waals surface area contributed by atoms with Crippen LogP contribution in [-0.4, -0.2) is 85.0 Å². The summed E-state index contributed by atoms with van der Waals surface area (Å²) in [6.45, 7) is 13.6. The van der Waals surface area contributed by atoms with E-state index in [1.807, 2.05) is 0 Å². The highest BCUT2D eigenvalue weighted by atomic mass is 15.4. The molecule has 0 aromatic heterocycles. The van der Waals surface area contributed by atoms with Gasteiger partial charge in [0.05, 0.1) is 12.6 Å². The van der Waals surface area contributed by atoms with Gasteiger partial charge in [0.15, 0.2) is 0 Å². The molecule has 3 aliphatic heterocycles. The van der Waals surface area contributed by atoms with E-state index < -0.39 is 0 Å². The van der Waals surface area contributed by atoms with E-state index in [1.54, 1.807) is 0 Å². The van der Waals surface area contributed by atoms with E-state index in [0.29, 0.717) is 12.1 Å². The smallest absolute Gasteiger partial charge is 0.300 e. The Balaban J connectivity index is 1.63. The molecule has 0 aromatic rings. The summed E-state index contributed by atoms with van der Waals surface area (Å²) < 4.78 is 0. The minimum absolute atomic E-state index is 0.266. The van der Waals surface area contributed by atoms with Crippen molar-refractivity contribution in [3.8, 4) is 6.07 Å². The molecule has 6 heteroatoms. The Morgan fingerprint density at radius 3 is 1.85 bits per heavy atom. The van der Waals surface area contributed by atoms with Gasteiger partial charge in [0, 0.05) is 38.3 Å². The maximum absolute atomic E-state index is 9.47. The maximum atomic E-state index is 9.47. The molecule has 3 rings (SSSR count). The first-order valence-electron chi connectivity index (χ1n) is 10.1. The fourth-order valence-electron chi connectivity index (χ4n) is 4.81. The van der Waals surface area contributed by atoms with Crippen LogP contribution in [0.1, 0.15) is 38.5 Å². The molecule has 2 atom stereocenters. The highest BCUT2D eigenvalue weighted by molar-refractivity contribution is 5.33. The summed E-state index contributed by atoms with van der Waals surface area (Å²) in [6, 6.07) is 3.45. The van der Waals surface area contributed by atoms with Gasteiger partial charge in [-0.3, -0.25) is 0 Å². The zero-order valence-corrected chi connectivity index (χ0v) is 16.3. The summed E-state index contributed by atoms with van der Waals surface area (Å²) >= 11 is 0. The number of hydrogen-bond acceptors (Lipinski definition) is 5. The zero-order valence-electron chi connectivity index (χ0n) is 16.3. The molecule has 2 unspecified atom stereocenters. The van der Waals surface area contributed by atoms with Crippen LogP contribution in [0.5, 0.6) is 0 Å². The lowest BCUT2D eigenvalue weighted by molar-refractivity contribution is 0.244. The Kier molecular flexibility index (Phi) is 6.40. The quantitative estimate of drug-likeness (QED) is 0.539. The average Bonchev–Trinajstić information content (AvgIpc) is 3.34. The minimum Gasteiger partial charge on any atom is -0.365 e. The van der Waals surface area contributed by atoms with Crippen molar-refractivity contribution in [2.45, 2.75) is 50.6 Å². The van der Waals surface area contributed by atoms with Crippen LogP contribution < -0.4 is 0 Å². The number of hydrogen-bond donors (Lipinski definition) is 0. The molecule has 142 valence electrons. The van der Waals surface area contributed by atoms with Crippen LogP contribution in [0.2, 0.25) is 0 Å². The van der Waals surface area contributed by atoms with Crippen molar-refractivity contribution >= 4 is 0 Å². The molecule has 0 N–H and O–H groups in total. The molecule has 26 heavy (non-hydrogen) atoms. The highest BCUT2D eigenvalue weighted by Gasteiger charge is 2.31. The number of rotatable bonds is 6. The van der Waals surface area contributed by atoms with Gasteiger partial charge >= 0.3 is 5.70 Å². The molecule has 3 fully saturated rings. The van der Waals surface area contributed by atoms with Crippen LogP contribution in [0, 0.1) is 17.9 Å². The number of likely N-dealkylation sites (tertiary alicyclic amines) is 2. The second-order valence-electron chi connectivity index (χ2n) is 8.00. The monoisotopic (exact) mass is 356 g/mol. The number of nitrogens with zero attached hydrogens (tertiary/aromatic N) is 6. The van der Waals surface area contributed by atoms with E-state index in [4.69, 9.17) is 6.57 Å². The SMILES string of the molecule is [C-]#[N+]C(C#N)=C1N(CCC2CCCN2C)CCN1CCC1CCCN1C. The van der Waals surface area contributed by atoms with Gasteiger partial charge < -0.3 is 19.6 Å². The van der Waals surface area contributed by atoms with Crippen molar-refractivity contribution in [3.63, 3.8) is 0 Å². The van der Waals surface area contributed by atoms with Crippen LogP contribution in [0.3, 0.4) is 0 Å². The first-order chi connectivity index (χ1) is 12.6. The molecule has 0 aliphatic carbocycles. The second-order valence-corrected chi connectivity index (χ2v) is 8.00. The average molecular weight is 357 g/mol. The van der Waals surface area contributed by atoms with Gasteiger partial charge in [0.2, 0.25) is 0 Å². The molecule has 3 saturated heterocycles. The van der Waals surface area contributed by atoms with Gasteiger partial charge in [-0.15, -0.1) is 0 Å². The first kappa shape index (κ1) is 19.0. The maximum Gasteiger partial charge on any atom is 0.300 e. The molecule has 0 saturated carbocycles. The fraction of sp³-hybridized carbons (Fsp3) is 0.800. The Bertz CT molecular complexity index is 550. The number of allylic oxidation sites excluding steroid dienone is 1. The van der Waals surface area contributed by atoms with Gasteiger partial charge in [0.1, 0.15) is 5.82 Å². The fourth-order valence-corrected chi connectivity index (χ4v) is 4.81. The molecule has 0 bridgehead atoms. The van der Waals surface area contributed by atoms with E-state index in [0.717, 1.165) is 44.8 Å². The Hall–Kier alpha value is -1.76. The van der Waals surface area contributed by atoms with Crippen molar-refractivity contribution in [3.05, 3.63) is 22.9 Å². The predicted molar refractivity (Wildman–Crippen MR) is 103 cm³/mol. The van der Waals surface area contributed by atoms with Crippen LogP contribution in [0.25, 0.3) is 4.85 Å². The lowest BCUT2D eigenvalue weighted by Crippen LogP contribution is -2.33. The van der Waals surface area contributed by atoms with Gasteiger partial charge in [-0.25, -0.2) is 10.1 Å². The van der Waals surface area contributed by atoms with Crippen molar-refractivity contribution in [1.29, 1.82) is 5.26 Å². The van der Waals surface area contributed by atoms with Crippen molar-refractivity contribution in [1.82, 2.24) is 19.6 Å². The lowest BCUT2D eigenvalue weighted by atomic mass is 10.1. The Labute approximate surface area is 158 Å². The Morgan fingerprint density at radius 2 is 1.50 bits per heavy atom. The topological polar surface area (TPSA) is 41.1 Å². The molecule has 3 aliphatic rings. The van der Waals surface area contributed by atoms with Gasteiger partial charge in [0.25, 0.3) is 0 Å². The van der Waals surface area contributed by atoms with Crippen LogP contribution in [0.4, 0.5) is 0 Å². The van der Waals surface area contributed by atoms with Gasteiger partial charge in [-0.2, -0.15) is 0 Å². The number of nitriles is 1. The van der Waals surface area contributed by atoms with Gasteiger partial charge in [-0.05, 0) is 65.7 Å². The normalized spacial score (nSPS) is 27.2. The summed E-state index contributed by atoms with van der Waals surface area (Å²) in [7, 11) is 4.42. The summed E-state index contributed by atoms with van der Waals surface area (Å²) in [5.74, 6) is 0.892. The summed E-state index contributed by atoms with van der Waals surface area (Å²) in [6.07, 6.45) is 7.36. The molecule has 0 aromatic carbocycles. The van der Waals surface area contributed by atoms with E-state index in [2.05, 4.69) is 44.6 Å². The van der Waals surface area contributed by atoms with E-state index >= 15 is 0 Å². The predicted octanol–water partition coefficient (Wildman–Crippen LogP) is 2.18. The third-order valence-corrected chi connectivity index (χ3v) is 6.48. The molecular formula is C20H32N6. The second kappa shape index (κ2) is 8.75. The van der Waals surface area contributed by atoms with Crippen molar-refractivity contribution < 1.29 is 0 Å². The third kappa shape index (κ3) is 4.14. The van der Waals surface area contributed by atoms with Crippen molar-refractivity contribution in [2.24, 2.45) is 0 Å². The lowest BCUT2D eigenvalue weighted by Gasteiger charge is -2.29. The molecule has 6 nitrogen and oxygen atoms in total. The van der Waals surface area contributed by atoms with E-state index in [-0.39, 0.29) is 5.70 Å². The molecule has 0 amide bonds. The van der Waals surface area contributed by atoms with Crippen LogP contribution in [0.15, 0.2) is 11.5 Å². The Morgan fingerprint density at radius 1 is 1.00 bits per heavy atom. The van der Waals surface area contributed by atoms with Crippen LogP contribution in [-0.2, 0) is 0 Å². The molecular weight excluding hydrogens is 324 g/mol. The summed E-state index contributed by atoms with van der Waals surface area (Å²) in [4.78, 5) is 13.0. The third-order valence-electron chi connectivity index (χ3n) is 6.48. The molecule has 3 heterocycles. The standard InChI is InChI=1S/C20H32N6/c1-22-19(16-21)20-25(12-8-17-6-4-10-23(17)2)14-15-26(20)13-9-18-7-5-11-24(18)3/h17-18H,4-15H2,2-3H3. The summed E-state index contributed by atoms with van der Waals surface area (Å²) in [5, 5.41) is 9.47. The zero-order chi connectivity index (χ0) is 18.5. The molecule has 0 spiro atoms.